The summed E-state index contributed by atoms with van der Waals surface area (Å²) in [6, 6.07) is 33.4. The first kappa shape index (κ1) is 30.0. The predicted octanol–water partition coefficient (Wildman–Crippen LogP) is 3.54. The second-order valence-electron chi connectivity index (χ2n) is 11.4. The minimum absolute atomic E-state index is 0. The highest BCUT2D eigenvalue weighted by atomic mass is 79.9. The van der Waals surface area contributed by atoms with Gasteiger partial charge in [-0.25, -0.2) is 0 Å². The van der Waals surface area contributed by atoms with Crippen LogP contribution in [0.3, 0.4) is 0 Å². The lowest BCUT2D eigenvalue weighted by molar-refractivity contribution is -0.301. The first-order chi connectivity index (χ1) is 17.3. The zero-order valence-corrected chi connectivity index (χ0v) is 25.3. The molecule has 0 N–H and O–H groups in total. The fraction of sp³-hybridized carbons (Fsp3) is 0.438. The zero-order valence-electron chi connectivity index (χ0n) is 22.8. The summed E-state index contributed by atoms with van der Waals surface area (Å²) in [7, 11) is -1.75. The van der Waals surface area contributed by atoms with Gasteiger partial charge in [0.05, 0.1) is 12.3 Å². The van der Waals surface area contributed by atoms with Crippen LogP contribution >= 0.6 is 7.26 Å². The molecular weight excluding hydrogens is 541 g/mol. The zero-order chi connectivity index (χ0) is 25.7. The van der Waals surface area contributed by atoms with Gasteiger partial charge in [0.25, 0.3) is 0 Å². The maximum atomic E-state index is 12.6. The number of benzene rings is 3. The summed E-state index contributed by atoms with van der Waals surface area (Å²) in [5.41, 5.74) is -0.755. The average Bonchev–Trinajstić information content (AvgIpc) is 2.88. The second-order valence-corrected chi connectivity index (χ2v) is 15.0. The maximum absolute atomic E-state index is 12.6. The molecule has 3 aromatic rings. The van der Waals surface area contributed by atoms with Crippen LogP contribution < -0.4 is 32.9 Å². The largest absolute Gasteiger partial charge is 1.00 e. The molecule has 37 heavy (non-hydrogen) atoms. The summed E-state index contributed by atoms with van der Waals surface area (Å²) in [6.45, 7) is 8.92. The molecule has 1 aliphatic rings. The molecule has 4 rings (SSSR count). The molecule has 5 heteroatoms. The van der Waals surface area contributed by atoms with Crippen molar-refractivity contribution in [3.63, 3.8) is 0 Å². The maximum Gasteiger partial charge on any atom is 0.112 e. The minimum Gasteiger partial charge on any atom is -1.00 e. The third-order valence-electron chi connectivity index (χ3n) is 7.64. The Morgan fingerprint density at radius 2 is 1.11 bits per heavy atom. The van der Waals surface area contributed by atoms with E-state index in [0.29, 0.717) is 0 Å². The molecule has 0 aliphatic carbocycles. The summed E-state index contributed by atoms with van der Waals surface area (Å²) in [5.74, 6) is 0. The van der Waals surface area contributed by atoms with Crippen LogP contribution in [0.25, 0.3) is 0 Å². The number of unbranched alkanes of at least 4 members (excludes halogenated alkanes) is 2. The first-order valence-corrected chi connectivity index (χ1v) is 15.4. The Kier molecular flexibility index (Phi) is 10.5. The molecule has 0 saturated carbocycles. The number of hydrogen-bond acceptors (Lipinski definition) is 2. The van der Waals surface area contributed by atoms with Crippen LogP contribution in [0, 0.1) is 0 Å². The first-order valence-electron chi connectivity index (χ1n) is 13.4. The number of piperidine rings is 1. The third-order valence-corrected chi connectivity index (χ3v) is 12.2. The summed E-state index contributed by atoms with van der Waals surface area (Å²) in [5, 5.41) is 18.3. The van der Waals surface area contributed by atoms with E-state index in [9.17, 15) is 5.21 Å². The monoisotopic (exact) mass is 582 g/mol. The summed E-state index contributed by atoms with van der Waals surface area (Å²) < 4.78 is 6.33. The lowest BCUT2D eigenvalue weighted by Crippen LogP contribution is -3.00. The van der Waals surface area contributed by atoms with E-state index in [-0.39, 0.29) is 34.2 Å². The number of ether oxygens (including phenoxy) is 1. The van der Waals surface area contributed by atoms with E-state index in [1.807, 2.05) is 27.7 Å². The Balaban J connectivity index is 0.00000380. The molecule has 0 aromatic heterocycles. The van der Waals surface area contributed by atoms with Crippen LogP contribution in [0.15, 0.2) is 91.0 Å². The third kappa shape index (κ3) is 6.91. The number of rotatable bonds is 10. The quantitative estimate of drug-likeness (QED) is 0.270. The second kappa shape index (κ2) is 13.0. The van der Waals surface area contributed by atoms with E-state index >= 15 is 0 Å². The molecular formula is C32H42BrNO2P. The fourth-order valence-electron chi connectivity index (χ4n) is 6.05. The van der Waals surface area contributed by atoms with Crippen LogP contribution in [-0.2, 0) is 9.94 Å². The Morgan fingerprint density at radius 3 is 1.51 bits per heavy atom. The van der Waals surface area contributed by atoms with Gasteiger partial charge in [0.1, 0.15) is 23.2 Å². The smallest absolute Gasteiger partial charge is 0.112 e. The SMILES string of the molecule is CC1(C)CC(OCCCCC[P+](c2ccccc2)(c2ccccc2)c2ccccc2)CC(C)(C)N1[O].[Br-]. The van der Waals surface area contributed by atoms with Crippen molar-refractivity contribution >= 4 is 23.2 Å². The van der Waals surface area contributed by atoms with Crippen molar-refractivity contribution in [1.82, 2.24) is 5.06 Å². The molecule has 1 radical (unpaired) electrons. The van der Waals surface area contributed by atoms with E-state index in [2.05, 4.69) is 91.0 Å². The molecule has 0 atom stereocenters. The van der Waals surface area contributed by atoms with Crippen LogP contribution in [0.1, 0.15) is 59.8 Å². The van der Waals surface area contributed by atoms with E-state index < -0.39 is 7.26 Å². The van der Waals surface area contributed by atoms with E-state index in [4.69, 9.17) is 4.74 Å². The van der Waals surface area contributed by atoms with Gasteiger partial charge >= 0.3 is 0 Å². The highest BCUT2D eigenvalue weighted by Gasteiger charge is 2.47. The normalized spacial score (nSPS) is 17.8. The number of halogens is 1. The highest BCUT2D eigenvalue weighted by Crippen LogP contribution is 2.56. The lowest BCUT2D eigenvalue weighted by Gasteiger charge is -2.49. The molecule has 199 valence electrons. The topological polar surface area (TPSA) is 32.4 Å². The summed E-state index contributed by atoms with van der Waals surface area (Å²) in [4.78, 5) is 0. The molecule has 0 bridgehead atoms. The van der Waals surface area contributed by atoms with E-state index in [0.717, 1.165) is 44.9 Å². The number of hydrogen-bond donors (Lipinski definition) is 0. The van der Waals surface area contributed by atoms with E-state index in [1.165, 1.54) is 21.0 Å². The molecule has 0 unspecified atom stereocenters. The van der Waals surface area contributed by atoms with Crippen molar-refractivity contribution < 1.29 is 26.9 Å². The Bertz CT molecular complexity index is 961. The number of hydroxylamine groups is 2. The van der Waals surface area contributed by atoms with Crippen molar-refractivity contribution in [1.29, 1.82) is 0 Å². The molecule has 0 amide bonds. The molecule has 1 aliphatic heterocycles. The Hall–Kier alpha value is -1.55. The van der Waals surface area contributed by atoms with Crippen LogP contribution in [-0.4, -0.2) is 35.0 Å². The van der Waals surface area contributed by atoms with Gasteiger partial charge in [-0.05, 0) is 96.2 Å². The summed E-state index contributed by atoms with van der Waals surface area (Å²) in [6.07, 6.45) is 6.25. The minimum atomic E-state index is -1.75. The van der Waals surface area contributed by atoms with Crippen molar-refractivity contribution in [3.8, 4) is 0 Å². The predicted molar refractivity (Wildman–Crippen MR) is 154 cm³/mol. The molecule has 3 nitrogen and oxygen atoms in total. The Morgan fingerprint density at radius 1 is 0.703 bits per heavy atom. The molecule has 1 saturated heterocycles. The molecule has 1 fully saturated rings. The highest BCUT2D eigenvalue weighted by molar-refractivity contribution is 7.95. The van der Waals surface area contributed by atoms with Crippen molar-refractivity contribution in [2.45, 2.75) is 77.0 Å². The molecule has 0 spiro atoms. The van der Waals surface area contributed by atoms with Gasteiger partial charge in [-0.3, -0.25) is 0 Å². The van der Waals surface area contributed by atoms with Gasteiger partial charge in [0.2, 0.25) is 0 Å². The molecule has 3 aromatic carbocycles. The molecule has 1 heterocycles. The standard InChI is InChI=1S/C32H42NO2P.BrH/c1-31(2)25-27(26-32(3,4)33(31)34)35-23-15-8-16-24-36(28-17-9-5-10-18-28,29-19-11-6-12-20-29)30-21-13-7-14-22-30;/h5-7,9-14,17-22,27H,8,15-16,23-26H2,1-4H3;1H/q+1;/p-1. The van der Waals surface area contributed by atoms with Gasteiger partial charge in [-0.1, -0.05) is 54.6 Å². The lowest BCUT2D eigenvalue weighted by atomic mass is 9.80. The van der Waals surface area contributed by atoms with Gasteiger partial charge in [0, 0.05) is 17.7 Å². The number of nitrogens with zero attached hydrogens (tertiary/aromatic N) is 1. The van der Waals surface area contributed by atoms with Crippen molar-refractivity contribution in [2.75, 3.05) is 12.8 Å². The van der Waals surface area contributed by atoms with Crippen molar-refractivity contribution in [3.05, 3.63) is 91.0 Å². The Labute approximate surface area is 235 Å². The van der Waals surface area contributed by atoms with Gasteiger partial charge in [0.15, 0.2) is 0 Å². The van der Waals surface area contributed by atoms with Gasteiger partial charge in [-0.15, -0.1) is 10.3 Å². The van der Waals surface area contributed by atoms with Crippen LogP contribution in [0.5, 0.6) is 0 Å². The van der Waals surface area contributed by atoms with Crippen LogP contribution in [0.2, 0.25) is 0 Å². The van der Waals surface area contributed by atoms with Crippen molar-refractivity contribution in [2.24, 2.45) is 0 Å². The van der Waals surface area contributed by atoms with E-state index in [1.54, 1.807) is 0 Å². The van der Waals surface area contributed by atoms with Gasteiger partial charge in [-0.2, -0.15) is 0 Å². The van der Waals surface area contributed by atoms with Gasteiger partial charge < -0.3 is 21.7 Å². The average molecular weight is 584 g/mol. The fourth-order valence-corrected chi connectivity index (χ4v) is 10.5. The van der Waals surface area contributed by atoms with Crippen LogP contribution in [0.4, 0.5) is 0 Å². The summed E-state index contributed by atoms with van der Waals surface area (Å²) >= 11 is 0.